The van der Waals surface area contributed by atoms with E-state index >= 15 is 0 Å². The van der Waals surface area contributed by atoms with Gasteiger partial charge in [0.1, 0.15) is 5.78 Å². The van der Waals surface area contributed by atoms with Gasteiger partial charge in [-0.2, -0.15) is 13.2 Å². The number of aliphatic imine (C=N–C) groups is 1. The maximum absolute atomic E-state index is 12.9. The Bertz CT molecular complexity index is 746. The molecule has 176 valence electrons. The second kappa shape index (κ2) is 12.8. The van der Waals surface area contributed by atoms with Crippen molar-refractivity contribution in [3.63, 3.8) is 0 Å². The molecule has 0 spiro atoms. The number of carbonyl (C=O) groups excluding carboxylic acids is 1. The van der Waals surface area contributed by atoms with Crippen molar-refractivity contribution in [2.24, 2.45) is 10.9 Å². The first-order valence-electron chi connectivity index (χ1n) is 10.6. The largest absolute Gasteiger partial charge is 0.412 e. The van der Waals surface area contributed by atoms with Gasteiger partial charge in [-0.05, 0) is 71.1 Å². The molecule has 6 heteroatoms. The number of hydrogen-bond acceptors (Lipinski definition) is 3. The van der Waals surface area contributed by atoms with E-state index in [9.17, 15) is 23.1 Å². The molecule has 0 atom stereocenters. The molecule has 0 saturated heterocycles. The van der Waals surface area contributed by atoms with Crippen LogP contribution in [0.25, 0.3) is 0 Å². The molecule has 0 aromatic carbocycles. The summed E-state index contributed by atoms with van der Waals surface area (Å²) in [4.78, 5) is 16.5. The van der Waals surface area contributed by atoms with Crippen LogP contribution in [0.3, 0.4) is 0 Å². The van der Waals surface area contributed by atoms with E-state index in [1.807, 2.05) is 0 Å². The van der Waals surface area contributed by atoms with Crippen LogP contribution < -0.4 is 0 Å². The Morgan fingerprint density at radius 2 is 1.71 bits per heavy atom. The van der Waals surface area contributed by atoms with Crippen LogP contribution in [0.4, 0.5) is 13.2 Å². The van der Waals surface area contributed by atoms with E-state index in [2.05, 4.69) is 25.4 Å². The van der Waals surface area contributed by atoms with E-state index in [4.69, 9.17) is 0 Å². The number of rotatable bonds is 12. The fourth-order valence-corrected chi connectivity index (χ4v) is 2.87. The molecule has 0 aliphatic carbocycles. The van der Waals surface area contributed by atoms with E-state index in [0.29, 0.717) is 29.3 Å². The average Bonchev–Trinajstić information content (AvgIpc) is 2.54. The van der Waals surface area contributed by atoms with Crippen molar-refractivity contribution < 1.29 is 23.1 Å². The molecule has 31 heavy (non-hydrogen) atoms. The SMILES string of the molecule is C=C(CCCC(C)C)C(=C\C=C(/C)C(F)(F)F)/N=C(C)/C=C(/C)CC(=O)CC(C)(C)O. The molecule has 0 fully saturated rings. The Balaban J connectivity index is 5.62. The topological polar surface area (TPSA) is 49.7 Å². The van der Waals surface area contributed by atoms with Gasteiger partial charge < -0.3 is 5.11 Å². The van der Waals surface area contributed by atoms with E-state index in [0.717, 1.165) is 31.4 Å². The van der Waals surface area contributed by atoms with E-state index in [1.54, 1.807) is 33.8 Å². The highest BCUT2D eigenvalue weighted by atomic mass is 19.4. The van der Waals surface area contributed by atoms with E-state index in [-0.39, 0.29) is 18.6 Å². The standard InChI is InChI=1S/C25H38F3NO2/c1-17(2)10-9-11-19(4)23(13-12-20(5)25(26,27)28)29-21(6)14-18(3)15-22(30)16-24(7,8)31/h12-14,17,31H,4,9-11,15-16H2,1-3,5-8H3/b18-14-,20-12+,23-13+,29-21+. The second-order valence-corrected chi connectivity index (χ2v) is 9.24. The summed E-state index contributed by atoms with van der Waals surface area (Å²) < 4.78 is 38.6. The Labute approximate surface area is 185 Å². The fourth-order valence-electron chi connectivity index (χ4n) is 2.87. The number of carbonyl (C=O) groups is 1. The van der Waals surface area contributed by atoms with Crippen molar-refractivity contribution in [1.29, 1.82) is 0 Å². The molecule has 0 aromatic heterocycles. The molecule has 0 unspecified atom stereocenters. The van der Waals surface area contributed by atoms with Crippen LogP contribution in [0.1, 0.15) is 80.6 Å². The maximum Gasteiger partial charge on any atom is 0.412 e. The average molecular weight is 442 g/mol. The highest BCUT2D eigenvalue weighted by Gasteiger charge is 2.29. The van der Waals surface area contributed by atoms with Crippen LogP contribution in [0.2, 0.25) is 0 Å². The minimum absolute atomic E-state index is 0.0493. The summed E-state index contributed by atoms with van der Waals surface area (Å²) in [5.41, 5.74) is 0.640. The summed E-state index contributed by atoms with van der Waals surface area (Å²) in [7, 11) is 0. The summed E-state index contributed by atoms with van der Waals surface area (Å²) in [5.74, 6) is 0.441. The maximum atomic E-state index is 12.9. The molecular weight excluding hydrogens is 403 g/mol. The van der Waals surface area contributed by atoms with E-state index < -0.39 is 17.4 Å². The third kappa shape index (κ3) is 14.6. The monoisotopic (exact) mass is 441 g/mol. The molecule has 0 rings (SSSR count). The molecular formula is C25H38F3NO2. The van der Waals surface area contributed by atoms with Crippen LogP contribution in [0, 0.1) is 5.92 Å². The number of allylic oxidation sites excluding steroid dienone is 6. The number of aliphatic hydroxyl groups is 1. The highest BCUT2D eigenvalue weighted by molar-refractivity contribution is 5.95. The van der Waals surface area contributed by atoms with E-state index in [1.165, 1.54) is 6.08 Å². The molecule has 0 bridgehead atoms. The number of nitrogens with zero attached hydrogens (tertiary/aromatic N) is 1. The van der Waals surface area contributed by atoms with Crippen LogP contribution in [-0.2, 0) is 4.79 Å². The van der Waals surface area contributed by atoms with Gasteiger partial charge in [0.05, 0.1) is 11.3 Å². The zero-order chi connectivity index (χ0) is 24.4. The first kappa shape index (κ1) is 29.1. The van der Waals surface area contributed by atoms with Gasteiger partial charge in [0.2, 0.25) is 0 Å². The summed E-state index contributed by atoms with van der Waals surface area (Å²) >= 11 is 0. The zero-order valence-corrected chi connectivity index (χ0v) is 20.0. The molecule has 3 nitrogen and oxygen atoms in total. The Morgan fingerprint density at radius 1 is 1.13 bits per heavy atom. The first-order valence-corrected chi connectivity index (χ1v) is 10.6. The molecule has 0 aromatic rings. The molecule has 0 amide bonds. The Kier molecular flexibility index (Phi) is 12.0. The summed E-state index contributed by atoms with van der Waals surface area (Å²) in [6.45, 7) is 16.0. The number of halogens is 3. The van der Waals surface area contributed by atoms with Gasteiger partial charge in [-0.25, -0.2) is 0 Å². The Hall–Kier alpha value is -1.95. The number of ketones is 1. The van der Waals surface area contributed by atoms with Gasteiger partial charge in [-0.15, -0.1) is 0 Å². The molecule has 0 heterocycles. The van der Waals surface area contributed by atoms with Gasteiger partial charge in [0.25, 0.3) is 0 Å². The van der Waals surface area contributed by atoms with Crippen LogP contribution in [-0.4, -0.2) is 28.4 Å². The van der Waals surface area contributed by atoms with Crippen molar-refractivity contribution in [2.75, 3.05) is 0 Å². The van der Waals surface area contributed by atoms with Crippen molar-refractivity contribution in [3.05, 3.63) is 47.2 Å². The smallest absolute Gasteiger partial charge is 0.390 e. The predicted octanol–water partition coefficient (Wildman–Crippen LogP) is 7.29. The van der Waals surface area contributed by atoms with Gasteiger partial charge in [-0.1, -0.05) is 38.5 Å². The highest BCUT2D eigenvalue weighted by Crippen LogP contribution is 2.26. The molecule has 0 saturated carbocycles. The lowest BCUT2D eigenvalue weighted by atomic mass is 9.98. The summed E-state index contributed by atoms with van der Waals surface area (Å²) in [6, 6.07) is 0. The zero-order valence-electron chi connectivity index (χ0n) is 20.0. The van der Waals surface area contributed by atoms with Crippen LogP contribution >= 0.6 is 0 Å². The summed E-state index contributed by atoms with van der Waals surface area (Å²) in [5, 5.41) is 9.76. The second-order valence-electron chi connectivity index (χ2n) is 9.24. The molecule has 0 aliphatic rings. The lowest BCUT2D eigenvalue weighted by Gasteiger charge is -2.15. The van der Waals surface area contributed by atoms with Crippen LogP contribution in [0.5, 0.6) is 0 Å². The fraction of sp³-hybridized carbons (Fsp3) is 0.600. The lowest BCUT2D eigenvalue weighted by molar-refractivity contribution is -0.122. The minimum Gasteiger partial charge on any atom is -0.390 e. The summed E-state index contributed by atoms with van der Waals surface area (Å²) in [6.07, 6.45) is 2.46. The van der Waals surface area contributed by atoms with Crippen molar-refractivity contribution in [2.45, 2.75) is 92.3 Å². The lowest BCUT2D eigenvalue weighted by Crippen LogP contribution is -2.23. The quantitative estimate of drug-likeness (QED) is 0.255. The van der Waals surface area contributed by atoms with Crippen molar-refractivity contribution >= 4 is 11.5 Å². The van der Waals surface area contributed by atoms with Gasteiger partial charge >= 0.3 is 6.18 Å². The third-order valence-corrected chi connectivity index (χ3v) is 4.42. The van der Waals surface area contributed by atoms with Gasteiger partial charge in [-0.3, -0.25) is 9.79 Å². The Morgan fingerprint density at radius 3 is 2.19 bits per heavy atom. The van der Waals surface area contributed by atoms with Gasteiger partial charge in [0, 0.05) is 24.1 Å². The van der Waals surface area contributed by atoms with Gasteiger partial charge in [0.15, 0.2) is 0 Å². The number of Topliss-reactive ketones (excluding diaryl/α,β-unsaturated/α-hetero) is 1. The molecule has 1 N–H and O–H groups in total. The normalized spacial score (nSPS) is 15.0. The van der Waals surface area contributed by atoms with Crippen LogP contribution in [0.15, 0.2) is 52.2 Å². The molecule has 0 aliphatic heterocycles. The first-order chi connectivity index (χ1) is 14.0. The third-order valence-electron chi connectivity index (χ3n) is 4.42. The predicted molar refractivity (Wildman–Crippen MR) is 123 cm³/mol. The van der Waals surface area contributed by atoms with Crippen molar-refractivity contribution in [1.82, 2.24) is 0 Å². The van der Waals surface area contributed by atoms with Crippen molar-refractivity contribution in [3.8, 4) is 0 Å². The number of alkyl halides is 3. The molecule has 0 radical (unpaired) electrons. The number of hydrogen-bond donors (Lipinski definition) is 1. The minimum atomic E-state index is -4.39.